The topological polar surface area (TPSA) is 78.9 Å². The number of carbonyl (C=O) groups is 3. The van der Waals surface area contributed by atoms with E-state index >= 15 is 0 Å². The highest BCUT2D eigenvalue weighted by atomic mass is 16.6. The molecule has 0 aromatic heterocycles. The van der Waals surface area contributed by atoms with Crippen molar-refractivity contribution in [2.45, 2.75) is 44.6 Å². The van der Waals surface area contributed by atoms with Crippen LogP contribution >= 0.6 is 0 Å². The minimum atomic E-state index is -1.27. The third kappa shape index (κ3) is 2.75. The van der Waals surface area contributed by atoms with Crippen molar-refractivity contribution < 1.29 is 28.6 Å². The van der Waals surface area contributed by atoms with Crippen LogP contribution in [0.15, 0.2) is 55.1 Å². The Balaban J connectivity index is 1.77. The Morgan fingerprint density at radius 1 is 1.09 bits per heavy atom. The second-order valence-electron chi connectivity index (χ2n) is 10.4. The van der Waals surface area contributed by atoms with Crippen LogP contribution in [0.3, 0.4) is 0 Å². The summed E-state index contributed by atoms with van der Waals surface area (Å²) in [6.07, 6.45) is 1.09. The lowest BCUT2D eigenvalue weighted by Gasteiger charge is -2.58. The van der Waals surface area contributed by atoms with Gasteiger partial charge in [0, 0.05) is 12.0 Å². The first-order chi connectivity index (χ1) is 16.1. The summed E-state index contributed by atoms with van der Waals surface area (Å²) in [6, 6.07) is 14.0. The molecule has 4 aliphatic rings. The molecule has 4 atom stereocenters. The molecule has 4 unspecified atom stereocenters. The minimum Gasteiger partial charge on any atom is -0.460 e. The lowest BCUT2D eigenvalue weighted by Crippen LogP contribution is -2.62. The van der Waals surface area contributed by atoms with Gasteiger partial charge in [0.1, 0.15) is 17.6 Å². The average Bonchev–Trinajstić information content (AvgIpc) is 3.05. The number of benzene rings is 2. The molecule has 34 heavy (non-hydrogen) atoms. The smallest absolute Gasteiger partial charge is 0.330 e. The zero-order valence-electron chi connectivity index (χ0n) is 19.8. The highest BCUT2D eigenvalue weighted by molar-refractivity contribution is 6.03. The fourth-order valence-electron chi connectivity index (χ4n) is 6.08. The second-order valence-corrected chi connectivity index (χ2v) is 10.4. The van der Waals surface area contributed by atoms with Gasteiger partial charge in [-0.25, -0.2) is 4.79 Å². The lowest BCUT2D eigenvalue weighted by atomic mass is 9.45. The largest absolute Gasteiger partial charge is 0.460 e. The number of carbonyl (C=O) groups excluding carboxylic acids is 3. The van der Waals surface area contributed by atoms with Gasteiger partial charge in [-0.3, -0.25) is 9.59 Å². The molecule has 1 heterocycles. The molecule has 6 heteroatoms. The van der Waals surface area contributed by atoms with Crippen molar-refractivity contribution >= 4 is 17.9 Å². The Morgan fingerprint density at radius 2 is 1.79 bits per heavy atom. The standard InChI is InChI=1S/C28H28O6/c1-6-21(29)32-13-14-33-28-19-10-8-7-9-17(19)22(23-24(30)34-25(31)27(23,28)5)18-12-11-16(15-20(18)28)26(2,3)4/h6-12,15,22-23H,1,13-14H2,2-5H3. The van der Waals surface area contributed by atoms with Crippen LogP contribution in [-0.2, 0) is 39.6 Å². The molecule has 6 rings (SSSR count). The summed E-state index contributed by atoms with van der Waals surface area (Å²) in [4.78, 5) is 38.1. The molecular weight excluding hydrogens is 432 g/mol. The first kappa shape index (κ1) is 22.5. The van der Waals surface area contributed by atoms with Gasteiger partial charge < -0.3 is 14.2 Å². The van der Waals surface area contributed by atoms with Gasteiger partial charge in [0.05, 0.1) is 12.5 Å². The molecule has 1 fully saturated rings. The van der Waals surface area contributed by atoms with Crippen LogP contribution in [-0.4, -0.2) is 31.1 Å². The van der Waals surface area contributed by atoms with Crippen LogP contribution in [0.5, 0.6) is 0 Å². The van der Waals surface area contributed by atoms with E-state index in [1.54, 1.807) is 6.92 Å². The molecule has 2 aromatic rings. The molecule has 1 aliphatic heterocycles. The fraction of sp³-hybridized carbons (Fsp3) is 0.393. The van der Waals surface area contributed by atoms with Crippen molar-refractivity contribution in [1.82, 2.24) is 0 Å². The molecule has 0 radical (unpaired) electrons. The molecule has 1 saturated heterocycles. The van der Waals surface area contributed by atoms with E-state index in [0.29, 0.717) is 0 Å². The van der Waals surface area contributed by atoms with Crippen LogP contribution in [0, 0.1) is 11.3 Å². The molecule has 176 valence electrons. The van der Waals surface area contributed by atoms with Gasteiger partial charge in [0.15, 0.2) is 0 Å². The normalized spacial score (nSPS) is 28.6. The van der Waals surface area contributed by atoms with E-state index in [2.05, 4.69) is 45.5 Å². The van der Waals surface area contributed by atoms with Gasteiger partial charge in [-0.15, -0.1) is 0 Å². The monoisotopic (exact) mass is 460 g/mol. The predicted octanol–water partition coefficient (Wildman–Crippen LogP) is 4.14. The Labute approximate surface area is 198 Å². The van der Waals surface area contributed by atoms with Crippen molar-refractivity contribution in [3.8, 4) is 0 Å². The maximum Gasteiger partial charge on any atom is 0.330 e. The van der Waals surface area contributed by atoms with Crippen molar-refractivity contribution in [2.24, 2.45) is 11.3 Å². The number of esters is 3. The van der Waals surface area contributed by atoms with Crippen molar-refractivity contribution in [1.29, 1.82) is 0 Å². The van der Waals surface area contributed by atoms with Crippen molar-refractivity contribution in [3.63, 3.8) is 0 Å². The van der Waals surface area contributed by atoms with Crippen LogP contribution in [0.25, 0.3) is 0 Å². The summed E-state index contributed by atoms with van der Waals surface area (Å²) < 4.78 is 17.1. The van der Waals surface area contributed by atoms with E-state index in [9.17, 15) is 14.4 Å². The molecule has 6 nitrogen and oxygen atoms in total. The van der Waals surface area contributed by atoms with E-state index in [4.69, 9.17) is 14.2 Å². The third-order valence-corrected chi connectivity index (χ3v) is 7.68. The van der Waals surface area contributed by atoms with Crippen molar-refractivity contribution in [2.75, 3.05) is 13.2 Å². The van der Waals surface area contributed by atoms with Crippen LogP contribution in [0.2, 0.25) is 0 Å². The summed E-state index contributed by atoms with van der Waals surface area (Å²) in [6.45, 7) is 11.6. The summed E-state index contributed by atoms with van der Waals surface area (Å²) in [7, 11) is 0. The molecule has 3 aliphatic carbocycles. The summed E-state index contributed by atoms with van der Waals surface area (Å²) in [5.41, 5.74) is 2.04. The number of ether oxygens (including phenoxy) is 3. The number of hydrogen-bond donors (Lipinski definition) is 0. The summed E-state index contributed by atoms with van der Waals surface area (Å²) >= 11 is 0. The van der Waals surface area contributed by atoms with Gasteiger partial charge in [-0.05, 0) is 40.2 Å². The van der Waals surface area contributed by atoms with Crippen LogP contribution in [0.1, 0.15) is 61.4 Å². The van der Waals surface area contributed by atoms with Gasteiger partial charge in [0.25, 0.3) is 0 Å². The Kier molecular flexibility index (Phi) is 4.89. The SMILES string of the molecule is C=CC(=O)OCCOC12c3ccccc3C(c3ccc(C(C)(C)C)cc31)C1C(=O)OC(=O)C12C. The highest BCUT2D eigenvalue weighted by Crippen LogP contribution is 2.69. The highest BCUT2D eigenvalue weighted by Gasteiger charge is 2.75. The minimum absolute atomic E-state index is 0.0176. The van der Waals surface area contributed by atoms with E-state index in [1.807, 2.05) is 24.3 Å². The average molecular weight is 461 g/mol. The quantitative estimate of drug-likeness (QED) is 0.289. The molecule has 2 bridgehead atoms. The second kappa shape index (κ2) is 7.37. The number of cyclic esters (lactones) is 2. The van der Waals surface area contributed by atoms with Crippen molar-refractivity contribution in [3.05, 3.63) is 82.9 Å². The maximum absolute atomic E-state index is 13.4. The Bertz CT molecular complexity index is 1240. The molecular formula is C28H28O6. The fourth-order valence-corrected chi connectivity index (χ4v) is 6.08. The molecule has 0 saturated carbocycles. The van der Waals surface area contributed by atoms with Crippen LogP contribution in [0.4, 0.5) is 0 Å². The lowest BCUT2D eigenvalue weighted by molar-refractivity contribution is -0.177. The molecule has 2 aromatic carbocycles. The number of hydrogen-bond acceptors (Lipinski definition) is 6. The maximum atomic E-state index is 13.4. The van der Waals surface area contributed by atoms with E-state index in [0.717, 1.165) is 33.9 Å². The third-order valence-electron chi connectivity index (χ3n) is 7.68. The van der Waals surface area contributed by atoms with E-state index < -0.39 is 34.8 Å². The van der Waals surface area contributed by atoms with E-state index in [-0.39, 0.29) is 24.5 Å². The Morgan fingerprint density at radius 3 is 2.50 bits per heavy atom. The zero-order valence-corrected chi connectivity index (χ0v) is 19.8. The first-order valence-electron chi connectivity index (χ1n) is 11.5. The van der Waals surface area contributed by atoms with E-state index in [1.165, 1.54) is 0 Å². The molecule has 0 spiro atoms. The summed E-state index contributed by atoms with van der Waals surface area (Å²) in [5.74, 6) is -2.68. The van der Waals surface area contributed by atoms with Crippen LogP contribution < -0.4 is 0 Å². The Hall–Kier alpha value is -3.25. The zero-order chi connectivity index (χ0) is 24.5. The molecule has 0 N–H and O–H groups in total. The first-order valence-corrected chi connectivity index (χ1v) is 11.5. The molecule has 0 amide bonds. The summed E-state index contributed by atoms with van der Waals surface area (Å²) in [5, 5.41) is 0. The number of rotatable bonds is 5. The van der Waals surface area contributed by atoms with Gasteiger partial charge >= 0.3 is 17.9 Å². The van der Waals surface area contributed by atoms with Gasteiger partial charge in [-0.2, -0.15) is 0 Å². The van der Waals surface area contributed by atoms with Gasteiger partial charge in [0.2, 0.25) is 0 Å². The van der Waals surface area contributed by atoms with Gasteiger partial charge in [-0.1, -0.05) is 69.8 Å². The predicted molar refractivity (Wildman–Crippen MR) is 124 cm³/mol.